The minimum atomic E-state index is -4.63. The molecule has 0 aliphatic rings. The van der Waals surface area contributed by atoms with Gasteiger partial charge in [0.1, 0.15) is 17.0 Å². The number of rotatable bonds is 5. The van der Waals surface area contributed by atoms with E-state index in [0.717, 1.165) is 6.07 Å². The molecular weight excluding hydrogens is 389 g/mol. The zero-order chi connectivity index (χ0) is 21.4. The van der Waals surface area contributed by atoms with Gasteiger partial charge in [0, 0.05) is 0 Å². The molecule has 29 heavy (non-hydrogen) atoms. The Labute approximate surface area is 164 Å². The van der Waals surface area contributed by atoms with Gasteiger partial charge in [-0.1, -0.05) is 0 Å². The summed E-state index contributed by atoms with van der Waals surface area (Å²) in [5, 5.41) is 12.4. The van der Waals surface area contributed by atoms with E-state index in [-0.39, 0.29) is 23.5 Å². The van der Waals surface area contributed by atoms with Crippen LogP contribution in [0.3, 0.4) is 0 Å². The molecule has 7 nitrogen and oxygen atoms in total. The van der Waals surface area contributed by atoms with Gasteiger partial charge < -0.3 is 9.84 Å². The second kappa shape index (κ2) is 7.36. The van der Waals surface area contributed by atoms with Crippen LogP contribution in [-0.2, 0) is 11.0 Å². The summed E-state index contributed by atoms with van der Waals surface area (Å²) in [6.45, 7) is 2.94. The smallest absolute Gasteiger partial charge is 0.433 e. The van der Waals surface area contributed by atoms with E-state index in [9.17, 15) is 23.1 Å². The van der Waals surface area contributed by atoms with Crippen LogP contribution in [0.25, 0.3) is 16.9 Å². The molecule has 3 aromatic rings. The number of fused-ring (bicyclic) bond motifs is 1. The molecule has 0 unspecified atom stereocenters. The van der Waals surface area contributed by atoms with Crippen LogP contribution in [0.1, 0.15) is 26.0 Å². The lowest BCUT2D eigenvalue weighted by Crippen LogP contribution is -2.28. The molecule has 0 atom stereocenters. The van der Waals surface area contributed by atoms with Gasteiger partial charge in [0.15, 0.2) is 5.65 Å². The molecule has 0 spiro atoms. The number of hydrogen-bond acceptors (Lipinski definition) is 5. The molecule has 2 N–H and O–H groups in total. The number of halogens is 3. The van der Waals surface area contributed by atoms with Crippen LogP contribution < -0.4 is 10.1 Å². The van der Waals surface area contributed by atoms with E-state index in [2.05, 4.69) is 15.3 Å². The van der Waals surface area contributed by atoms with Crippen molar-refractivity contribution in [3.63, 3.8) is 0 Å². The van der Waals surface area contributed by atoms with Crippen LogP contribution in [0.5, 0.6) is 5.75 Å². The van der Waals surface area contributed by atoms with Crippen molar-refractivity contribution in [1.29, 1.82) is 0 Å². The molecule has 3 rings (SSSR count). The predicted octanol–water partition coefficient (Wildman–Crippen LogP) is 3.55. The Morgan fingerprint density at radius 1 is 1.14 bits per heavy atom. The first-order valence-corrected chi connectivity index (χ1v) is 8.61. The molecule has 0 saturated carbocycles. The molecule has 0 saturated heterocycles. The number of aliphatic hydroxyl groups is 1. The van der Waals surface area contributed by atoms with Gasteiger partial charge in [-0.25, -0.2) is 9.97 Å². The summed E-state index contributed by atoms with van der Waals surface area (Å²) in [6.07, 6.45) is -4.85. The molecule has 0 aliphatic heterocycles. The number of nitrogens with zero attached hydrogens (tertiary/aromatic N) is 3. The molecule has 1 aromatic carbocycles. The Hall–Kier alpha value is -3.14. The number of ether oxygens (including phenoxy) is 1. The molecule has 10 heteroatoms. The van der Waals surface area contributed by atoms with Crippen LogP contribution in [-0.4, -0.2) is 38.3 Å². The van der Waals surface area contributed by atoms with Crippen LogP contribution in [0.2, 0.25) is 0 Å². The Morgan fingerprint density at radius 3 is 2.34 bits per heavy atom. The molecule has 0 radical (unpaired) electrons. The van der Waals surface area contributed by atoms with Crippen molar-refractivity contribution in [1.82, 2.24) is 14.5 Å². The van der Waals surface area contributed by atoms with E-state index in [1.807, 2.05) is 0 Å². The standard InChI is InChI=1S/C19H19F3N4O3/c1-18(2,28)10-15(27)25-17-23-13-8-9-14(19(20,21)22)24-16(13)26(17)11-4-6-12(29-3)7-5-11/h4-9,28H,10H2,1-3H3,(H,23,25,27). The SMILES string of the molecule is COc1ccc(-n2c(NC(=O)CC(C)(C)O)nc3ccc(C(F)(F)F)nc32)cc1. The Balaban J connectivity index is 2.14. The lowest BCUT2D eigenvalue weighted by molar-refractivity contribution is -0.141. The Bertz CT molecular complexity index is 1040. The summed E-state index contributed by atoms with van der Waals surface area (Å²) in [4.78, 5) is 20.2. The molecule has 2 heterocycles. The predicted molar refractivity (Wildman–Crippen MR) is 100.0 cm³/mol. The zero-order valence-electron chi connectivity index (χ0n) is 15.9. The number of imidazole rings is 1. The van der Waals surface area contributed by atoms with Crippen LogP contribution in [0.4, 0.5) is 19.1 Å². The van der Waals surface area contributed by atoms with E-state index in [1.54, 1.807) is 24.3 Å². The normalized spacial score (nSPS) is 12.2. The van der Waals surface area contributed by atoms with Gasteiger partial charge in [0.25, 0.3) is 0 Å². The lowest BCUT2D eigenvalue weighted by atomic mass is 10.1. The van der Waals surface area contributed by atoms with Gasteiger partial charge >= 0.3 is 6.18 Å². The second-order valence-electron chi connectivity index (χ2n) is 7.04. The average Bonchev–Trinajstić information content (AvgIpc) is 2.96. The number of amides is 1. The summed E-state index contributed by atoms with van der Waals surface area (Å²) < 4.78 is 45.8. The minimum Gasteiger partial charge on any atom is -0.497 e. The van der Waals surface area contributed by atoms with Crippen molar-refractivity contribution in [2.24, 2.45) is 0 Å². The number of hydrogen-bond donors (Lipinski definition) is 2. The van der Waals surface area contributed by atoms with Gasteiger partial charge in [-0.05, 0) is 50.2 Å². The molecular formula is C19H19F3N4O3. The van der Waals surface area contributed by atoms with E-state index >= 15 is 0 Å². The van der Waals surface area contributed by atoms with Crippen molar-refractivity contribution in [3.8, 4) is 11.4 Å². The number of pyridine rings is 1. The van der Waals surface area contributed by atoms with E-state index in [0.29, 0.717) is 11.4 Å². The van der Waals surface area contributed by atoms with Gasteiger partial charge in [-0.15, -0.1) is 0 Å². The van der Waals surface area contributed by atoms with Gasteiger partial charge in [-0.2, -0.15) is 13.2 Å². The van der Waals surface area contributed by atoms with E-state index < -0.39 is 23.4 Å². The number of alkyl halides is 3. The maximum absolute atomic E-state index is 13.1. The number of carbonyl (C=O) groups is 1. The number of benzene rings is 1. The third kappa shape index (κ3) is 4.65. The molecule has 154 valence electrons. The lowest BCUT2D eigenvalue weighted by Gasteiger charge is -2.16. The molecule has 2 aromatic heterocycles. The number of aromatic nitrogens is 3. The summed E-state index contributed by atoms with van der Waals surface area (Å²) in [7, 11) is 1.49. The van der Waals surface area contributed by atoms with Crippen LogP contribution >= 0.6 is 0 Å². The summed E-state index contributed by atoms with van der Waals surface area (Å²) in [5.41, 5.74) is -1.80. The number of nitrogens with one attached hydrogen (secondary N) is 1. The third-order valence-corrected chi connectivity index (χ3v) is 3.97. The number of anilines is 1. The monoisotopic (exact) mass is 408 g/mol. The van der Waals surface area contributed by atoms with Crippen molar-refractivity contribution in [3.05, 3.63) is 42.1 Å². The number of methoxy groups -OCH3 is 1. The average molecular weight is 408 g/mol. The van der Waals surface area contributed by atoms with E-state index in [4.69, 9.17) is 4.74 Å². The largest absolute Gasteiger partial charge is 0.497 e. The summed E-state index contributed by atoms with van der Waals surface area (Å²) in [5.74, 6) is -0.000389. The highest BCUT2D eigenvalue weighted by molar-refractivity contribution is 5.92. The van der Waals surface area contributed by atoms with Crippen molar-refractivity contribution in [2.45, 2.75) is 32.0 Å². The number of carbonyl (C=O) groups excluding carboxylic acids is 1. The van der Waals surface area contributed by atoms with Crippen molar-refractivity contribution in [2.75, 3.05) is 12.4 Å². The molecule has 0 bridgehead atoms. The first kappa shape index (κ1) is 20.6. The topological polar surface area (TPSA) is 89.3 Å². The highest BCUT2D eigenvalue weighted by Crippen LogP contribution is 2.31. The fourth-order valence-electron chi connectivity index (χ4n) is 2.74. The first-order valence-electron chi connectivity index (χ1n) is 8.61. The van der Waals surface area contributed by atoms with Gasteiger partial charge in [0.2, 0.25) is 11.9 Å². The maximum Gasteiger partial charge on any atom is 0.433 e. The quantitative estimate of drug-likeness (QED) is 0.674. The first-order chi connectivity index (χ1) is 13.5. The van der Waals surface area contributed by atoms with Gasteiger partial charge in [-0.3, -0.25) is 14.7 Å². The Kier molecular flexibility index (Phi) is 5.22. The zero-order valence-corrected chi connectivity index (χ0v) is 15.9. The highest BCUT2D eigenvalue weighted by atomic mass is 19.4. The summed E-state index contributed by atoms with van der Waals surface area (Å²) >= 11 is 0. The van der Waals surface area contributed by atoms with E-state index in [1.165, 1.54) is 31.6 Å². The third-order valence-electron chi connectivity index (χ3n) is 3.97. The summed E-state index contributed by atoms with van der Waals surface area (Å²) in [6, 6.07) is 8.47. The van der Waals surface area contributed by atoms with Gasteiger partial charge in [0.05, 0.1) is 24.8 Å². The fourth-order valence-corrected chi connectivity index (χ4v) is 2.74. The molecule has 0 aliphatic carbocycles. The minimum absolute atomic E-state index is 0.00811. The van der Waals surface area contributed by atoms with Crippen molar-refractivity contribution < 1.29 is 27.8 Å². The van der Waals surface area contributed by atoms with Crippen molar-refractivity contribution >= 4 is 23.0 Å². The molecule has 0 fully saturated rings. The van der Waals surface area contributed by atoms with Crippen LogP contribution in [0.15, 0.2) is 36.4 Å². The Morgan fingerprint density at radius 2 is 1.79 bits per heavy atom. The fraction of sp³-hybridized carbons (Fsp3) is 0.316. The molecule has 1 amide bonds. The highest BCUT2D eigenvalue weighted by Gasteiger charge is 2.33. The second-order valence-corrected chi connectivity index (χ2v) is 7.04. The van der Waals surface area contributed by atoms with Crippen LogP contribution in [0, 0.1) is 0 Å². The maximum atomic E-state index is 13.1.